The van der Waals surface area contributed by atoms with Crippen molar-refractivity contribution in [2.45, 2.75) is 19.8 Å². The van der Waals surface area contributed by atoms with Crippen LogP contribution in [-0.2, 0) is 6.42 Å². The van der Waals surface area contributed by atoms with Crippen molar-refractivity contribution in [2.75, 3.05) is 0 Å². The summed E-state index contributed by atoms with van der Waals surface area (Å²) in [6, 6.07) is 8.15. The van der Waals surface area contributed by atoms with Crippen LogP contribution in [0.1, 0.15) is 29.4 Å². The van der Waals surface area contributed by atoms with Crippen molar-refractivity contribution in [3.63, 3.8) is 0 Å². The lowest BCUT2D eigenvalue weighted by atomic mass is 9.87. The summed E-state index contributed by atoms with van der Waals surface area (Å²) in [5.74, 6) is 0.740. The smallest absolute Gasteiger partial charge is 0.179 e. The molecule has 0 radical (unpaired) electrons. The van der Waals surface area contributed by atoms with Gasteiger partial charge in [-0.05, 0) is 24.0 Å². The van der Waals surface area contributed by atoms with Crippen molar-refractivity contribution in [2.24, 2.45) is 5.92 Å². The second-order valence-electron chi connectivity index (χ2n) is 4.46. The highest BCUT2D eigenvalue weighted by Crippen LogP contribution is 2.31. The van der Waals surface area contributed by atoms with Crippen LogP contribution in [0.3, 0.4) is 0 Å². The van der Waals surface area contributed by atoms with Gasteiger partial charge in [0, 0.05) is 17.3 Å². The van der Waals surface area contributed by atoms with E-state index in [0.717, 1.165) is 17.6 Å². The fourth-order valence-electron chi connectivity index (χ4n) is 2.49. The van der Waals surface area contributed by atoms with E-state index >= 15 is 0 Å². The second kappa shape index (κ2) is 2.96. The Labute approximate surface area is 88.3 Å². The van der Waals surface area contributed by atoms with E-state index in [1.165, 1.54) is 10.9 Å². The van der Waals surface area contributed by atoms with Crippen molar-refractivity contribution in [1.29, 1.82) is 0 Å². The molecular weight excluding hydrogens is 186 g/mol. The Morgan fingerprint density at radius 3 is 2.93 bits per heavy atom. The van der Waals surface area contributed by atoms with Gasteiger partial charge in [0.05, 0.1) is 5.69 Å². The molecule has 0 bridgehead atoms. The molecule has 3 rings (SSSR count). The van der Waals surface area contributed by atoms with Crippen LogP contribution in [-0.4, -0.2) is 10.8 Å². The lowest BCUT2D eigenvalue weighted by Crippen LogP contribution is -2.17. The Hall–Kier alpha value is -1.57. The maximum absolute atomic E-state index is 11.8. The molecule has 2 nitrogen and oxygen atoms in total. The summed E-state index contributed by atoms with van der Waals surface area (Å²) in [6.45, 7) is 2.14. The third-order valence-corrected chi connectivity index (χ3v) is 3.18. The highest BCUT2D eigenvalue weighted by molar-refractivity contribution is 6.03. The van der Waals surface area contributed by atoms with Gasteiger partial charge in [-0.3, -0.25) is 4.79 Å². The third kappa shape index (κ3) is 1.21. The van der Waals surface area contributed by atoms with Crippen molar-refractivity contribution in [3.05, 3.63) is 35.5 Å². The van der Waals surface area contributed by atoms with E-state index in [0.29, 0.717) is 12.3 Å². The van der Waals surface area contributed by atoms with E-state index in [1.54, 1.807) is 0 Å². The van der Waals surface area contributed by atoms with Crippen LogP contribution in [0.4, 0.5) is 0 Å². The molecule has 2 heteroatoms. The van der Waals surface area contributed by atoms with Crippen LogP contribution < -0.4 is 0 Å². The average Bonchev–Trinajstić information content (AvgIpc) is 2.57. The molecule has 1 atom stereocenters. The largest absolute Gasteiger partial charge is 0.352 e. The lowest BCUT2D eigenvalue weighted by molar-refractivity contribution is 0.0949. The van der Waals surface area contributed by atoms with E-state index < -0.39 is 0 Å². The molecule has 0 aliphatic heterocycles. The molecular formula is C13H13NO. The van der Waals surface area contributed by atoms with Gasteiger partial charge in [-0.1, -0.05) is 25.1 Å². The number of hydrogen-bond donors (Lipinski definition) is 1. The SMILES string of the molecule is C[C@@H]1CC(=O)c2[nH]c3ccccc3c2C1. The fourth-order valence-corrected chi connectivity index (χ4v) is 2.49. The molecule has 0 fully saturated rings. The first-order valence-electron chi connectivity index (χ1n) is 5.38. The minimum absolute atomic E-state index is 0.264. The number of carbonyl (C=O) groups is 1. The molecule has 1 heterocycles. The second-order valence-corrected chi connectivity index (χ2v) is 4.46. The zero-order valence-electron chi connectivity index (χ0n) is 8.71. The molecule has 2 aromatic rings. The summed E-state index contributed by atoms with van der Waals surface area (Å²) in [5, 5.41) is 1.22. The number of aromatic amines is 1. The molecule has 0 spiro atoms. The van der Waals surface area contributed by atoms with Gasteiger partial charge < -0.3 is 4.98 Å². The first-order chi connectivity index (χ1) is 7.25. The summed E-state index contributed by atoms with van der Waals surface area (Å²) in [4.78, 5) is 15.1. The van der Waals surface area contributed by atoms with Crippen LogP contribution >= 0.6 is 0 Å². The first-order valence-corrected chi connectivity index (χ1v) is 5.38. The number of para-hydroxylation sites is 1. The van der Waals surface area contributed by atoms with E-state index in [9.17, 15) is 4.79 Å². The predicted octanol–water partition coefficient (Wildman–Crippen LogP) is 2.93. The van der Waals surface area contributed by atoms with Gasteiger partial charge in [0.2, 0.25) is 0 Å². The number of hydrogen-bond acceptors (Lipinski definition) is 1. The normalized spacial score (nSPS) is 20.6. The summed E-state index contributed by atoms with van der Waals surface area (Å²) in [7, 11) is 0. The highest BCUT2D eigenvalue weighted by Gasteiger charge is 2.25. The Kier molecular flexibility index (Phi) is 1.72. The molecule has 1 aromatic carbocycles. The third-order valence-electron chi connectivity index (χ3n) is 3.18. The molecule has 1 aliphatic rings. The number of aromatic nitrogens is 1. The summed E-state index contributed by atoms with van der Waals surface area (Å²) < 4.78 is 0. The number of Topliss-reactive ketones (excluding diaryl/α,β-unsaturated/α-hetero) is 1. The summed E-state index contributed by atoms with van der Waals surface area (Å²) in [5.41, 5.74) is 3.15. The maximum Gasteiger partial charge on any atom is 0.179 e. The summed E-state index contributed by atoms with van der Waals surface area (Å²) in [6.07, 6.45) is 1.70. The van der Waals surface area contributed by atoms with Crippen LogP contribution in [0, 0.1) is 5.92 Å². The molecule has 1 N–H and O–H groups in total. The molecule has 0 unspecified atom stereocenters. The number of fused-ring (bicyclic) bond motifs is 3. The van der Waals surface area contributed by atoms with E-state index in [-0.39, 0.29) is 5.78 Å². The number of benzene rings is 1. The zero-order chi connectivity index (χ0) is 10.4. The van der Waals surface area contributed by atoms with Gasteiger partial charge in [0.15, 0.2) is 5.78 Å². The number of ketones is 1. The van der Waals surface area contributed by atoms with Crippen molar-refractivity contribution >= 4 is 16.7 Å². The topological polar surface area (TPSA) is 32.9 Å². The minimum Gasteiger partial charge on any atom is -0.352 e. The van der Waals surface area contributed by atoms with Gasteiger partial charge in [-0.25, -0.2) is 0 Å². The standard InChI is InChI=1S/C13H13NO/c1-8-6-10-9-4-2-3-5-11(9)14-13(10)12(15)7-8/h2-5,8,14H,6-7H2,1H3/t8-/m0/s1. The van der Waals surface area contributed by atoms with Gasteiger partial charge in [-0.2, -0.15) is 0 Å². The minimum atomic E-state index is 0.264. The van der Waals surface area contributed by atoms with E-state index in [4.69, 9.17) is 0 Å². The van der Waals surface area contributed by atoms with Crippen LogP contribution in [0.25, 0.3) is 10.9 Å². The summed E-state index contributed by atoms with van der Waals surface area (Å²) >= 11 is 0. The number of rotatable bonds is 0. The fraction of sp³-hybridized carbons (Fsp3) is 0.308. The van der Waals surface area contributed by atoms with Crippen LogP contribution in [0.2, 0.25) is 0 Å². The Balaban J connectivity index is 2.32. The van der Waals surface area contributed by atoms with E-state index in [2.05, 4.69) is 18.0 Å². The Morgan fingerprint density at radius 2 is 2.07 bits per heavy atom. The molecule has 0 amide bonds. The number of nitrogens with one attached hydrogen (secondary N) is 1. The maximum atomic E-state index is 11.8. The quantitative estimate of drug-likeness (QED) is 0.695. The lowest BCUT2D eigenvalue weighted by Gasteiger charge is -2.16. The van der Waals surface area contributed by atoms with Gasteiger partial charge in [0.25, 0.3) is 0 Å². The van der Waals surface area contributed by atoms with Crippen molar-refractivity contribution < 1.29 is 4.79 Å². The molecule has 0 saturated heterocycles. The molecule has 0 saturated carbocycles. The van der Waals surface area contributed by atoms with Crippen molar-refractivity contribution in [1.82, 2.24) is 4.98 Å². The van der Waals surface area contributed by atoms with E-state index in [1.807, 2.05) is 18.2 Å². The predicted molar refractivity (Wildman–Crippen MR) is 60.1 cm³/mol. The van der Waals surface area contributed by atoms with Gasteiger partial charge in [0.1, 0.15) is 0 Å². The van der Waals surface area contributed by atoms with Crippen molar-refractivity contribution in [3.8, 4) is 0 Å². The molecule has 1 aliphatic carbocycles. The monoisotopic (exact) mass is 199 g/mol. The highest BCUT2D eigenvalue weighted by atomic mass is 16.1. The van der Waals surface area contributed by atoms with Gasteiger partial charge in [-0.15, -0.1) is 0 Å². The van der Waals surface area contributed by atoms with Crippen LogP contribution in [0.15, 0.2) is 24.3 Å². The van der Waals surface area contributed by atoms with Gasteiger partial charge >= 0.3 is 0 Å². The Morgan fingerprint density at radius 1 is 1.27 bits per heavy atom. The Bertz CT molecular complexity index is 538. The zero-order valence-corrected chi connectivity index (χ0v) is 8.71. The molecule has 15 heavy (non-hydrogen) atoms. The molecule has 76 valence electrons. The average molecular weight is 199 g/mol. The van der Waals surface area contributed by atoms with Crippen LogP contribution in [0.5, 0.6) is 0 Å². The first kappa shape index (κ1) is 8.72. The number of H-pyrrole nitrogens is 1. The number of carbonyl (C=O) groups excluding carboxylic acids is 1. The molecule has 1 aromatic heterocycles.